The van der Waals surface area contributed by atoms with Crippen LogP contribution in [0.25, 0.3) is 0 Å². The zero-order valence-electron chi connectivity index (χ0n) is 10.1. The summed E-state index contributed by atoms with van der Waals surface area (Å²) in [6.07, 6.45) is 0.305. The Morgan fingerprint density at radius 3 is 3.12 bits per heavy atom. The molecule has 16 heavy (non-hydrogen) atoms. The quantitative estimate of drug-likeness (QED) is 0.839. The molecule has 2 rings (SSSR count). The predicted molar refractivity (Wildman–Crippen MR) is 66.9 cm³/mol. The van der Waals surface area contributed by atoms with Crippen molar-refractivity contribution in [1.29, 1.82) is 0 Å². The molecule has 1 fully saturated rings. The maximum Gasteiger partial charge on any atom is 0.0874 e. The lowest BCUT2D eigenvalue weighted by Crippen LogP contribution is -2.43. The number of nitrogens with zero attached hydrogens (tertiary/aromatic N) is 1. The second kappa shape index (κ2) is 5.32. The summed E-state index contributed by atoms with van der Waals surface area (Å²) in [6.45, 7) is 5.89. The molecule has 1 saturated heterocycles. The van der Waals surface area contributed by atoms with Crippen molar-refractivity contribution >= 4 is 5.69 Å². The topological polar surface area (TPSA) is 24.5 Å². The smallest absolute Gasteiger partial charge is 0.0874 e. The van der Waals surface area contributed by atoms with E-state index in [2.05, 4.69) is 48.5 Å². The summed E-state index contributed by atoms with van der Waals surface area (Å²) >= 11 is 0. The summed E-state index contributed by atoms with van der Waals surface area (Å²) < 4.78 is 5.70. The van der Waals surface area contributed by atoms with Crippen molar-refractivity contribution in [2.24, 2.45) is 0 Å². The standard InChI is InChI=1S/C13H20N2O/c1-11-4-3-5-12(8-11)14-9-13-10-15(2)6-7-16-13/h3-5,8,13-14H,6-7,9-10H2,1-2H3. The third-order valence-corrected chi connectivity index (χ3v) is 2.89. The molecule has 1 N–H and O–H groups in total. The SMILES string of the molecule is Cc1cccc(NCC2CN(C)CCO2)c1. The van der Waals surface area contributed by atoms with Crippen LogP contribution < -0.4 is 5.32 Å². The molecule has 1 aliphatic heterocycles. The van der Waals surface area contributed by atoms with Crippen LogP contribution >= 0.6 is 0 Å². The largest absolute Gasteiger partial charge is 0.382 e. The van der Waals surface area contributed by atoms with Gasteiger partial charge in [0.05, 0.1) is 12.7 Å². The minimum atomic E-state index is 0.305. The van der Waals surface area contributed by atoms with Gasteiger partial charge in [-0.1, -0.05) is 12.1 Å². The highest BCUT2D eigenvalue weighted by Crippen LogP contribution is 2.10. The first kappa shape index (κ1) is 11.4. The van der Waals surface area contributed by atoms with Crippen molar-refractivity contribution in [2.45, 2.75) is 13.0 Å². The third-order valence-electron chi connectivity index (χ3n) is 2.89. The van der Waals surface area contributed by atoms with Crippen molar-refractivity contribution in [3.05, 3.63) is 29.8 Å². The van der Waals surface area contributed by atoms with Crippen LogP contribution in [-0.2, 0) is 4.74 Å². The molecule has 0 spiro atoms. The van der Waals surface area contributed by atoms with E-state index in [0.29, 0.717) is 6.10 Å². The summed E-state index contributed by atoms with van der Waals surface area (Å²) in [7, 11) is 2.14. The maximum atomic E-state index is 5.70. The molecule has 0 amide bonds. The van der Waals surface area contributed by atoms with Crippen LogP contribution in [0.4, 0.5) is 5.69 Å². The van der Waals surface area contributed by atoms with Gasteiger partial charge in [0.15, 0.2) is 0 Å². The summed E-state index contributed by atoms with van der Waals surface area (Å²) in [5.74, 6) is 0. The van der Waals surface area contributed by atoms with Gasteiger partial charge in [-0.2, -0.15) is 0 Å². The van der Waals surface area contributed by atoms with Crippen molar-refractivity contribution < 1.29 is 4.74 Å². The number of benzene rings is 1. The van der Waals surface area contributed by atoms with E-state index in [1.54, 1.807) is 0 Å². The van der Waals surface area contributed by atoms with Gasteiger partial charge in [-0.15, -0.1) is 0 Å². The van der Waals surface area contributed by atoms with Crippen molar-refractivity contribution in [3.8, 4) is 0 Å². The molecule has 1 atom stereocenters. The number of aryl methyl sites for hydroxylation is 1. The van der Waals surface area contributed by atoms with Crippen molar-refractivity contribution in [2.75, 3.05) is 38.6 Å². The van der Waals surface area contributed by atoms with Gasteiger partial charge in [-0.3, -0.25) is 0 Å². The molecule has 0 saturated carbocycles. The molecule has 1 heterocycles. The van der Waals surface area contributed by atoms with E-state index in [0.717, 1.165) is 26.2 Å². The average Bonchev–Trinajstić information content (AvgIpc) is 2.27. The second-order valence-corrected chi connectivity index (χ2v) is 4.51. The third kappa shape index (κ3) is 3.22. The molecule has 1 aliphatic rings. The fourth-order valence-electron chi connectivity index (χ4n) is 1.98. The molecule has 3 heteroatoms. The number of morpholine rings is 1. The van der Waals surface area contributed by atoms with Crippen LogP contribution in [0.5, 0.6) is 0 Å². The zero-order valence-corrected chi connectivity index (χ0v) is 10.1. The first-order chi connectivity index (χ1) is 7.74. The van der Waals surface area contributed by atoms with Gasteiger partial charge in [0.1, 0.15) is 0 Å². The van der Waals surface area contributed by atoms with Crippen LogP contribution in [0, 0.1) is 6.92 Å². The van der Waals surface area contributed by atoms with Gasteiger partial charge >= 0.3 is 0 Å². The Morgan fingerprint density at radius 1 is 1.50 bits per heavy atom. The Hall–Kier alpha value is -1.06. The first-order valence-electron chi connectivity index (χ1n) is 5.85. The second-order valence-electron chi connectivity index (χ2n) is 4.51. The molecule has 1 aromatic carbocycles. The molecular weight excluding hydrogens is 200 g/mol. The van der Waals surface area contributed by atoms with E-state index in [1.807, 2.05) is 0 Å². The minimum Gasteiger partial charge on any atom is -0.382 e. The van der Waals surface area contributed by atoms with Gasteiger partial charge in [-0.25, -0.2) is 0 Å². The molecule has 0 aromatic heterocycles. The summed E-state index contributed by atoms with van der Waals surface area (Å²) in [5.41, 5.74) is 2.46. The lowest BCUT2D eigenvalue weighted by atomic mass is 10.2. The number of nitrogens with one attached hydrogen (secondary N) is 1. The van der Waals surface area contributed by atoms with E-state index in [1.165, 1.54) is 11.3 Å². The molecule has 0 aliphatic carbocycles. The number of ether oxygens (including phenoxy) is 1. The fourth-order valence-corrected chi connectivity index (χ4v) is 1.98. The number of likely N-dealkylation sites (N-methyl/N-ethyl adjacent to an activating group) is 1. The van der Waals surface area contributed by atoms with Crippen LogP contribution in [0.1, 0.15) is 5.56 Å². The van der Waals surface area contributed by atoms with E-state index >= 15 is 0 Å². The van der Waals surface area contributed by atoms with Crippen LogP contribution in [0.15, 0.2) is 24.3 Å². The zero-order chi connectivity index (χ0) is 11.4. The monoisotopic (exact) mass is 220 g/mol. The minimum absolute atomic E-state index is 0.305. The highest BCUT2D eigenvalue weighted by atomic mass is 16.5. The summed E-state index contributed by atoms with van der Waals surface area (Å²) in [4.78, 5) is 2.31. The Balaban J connectivity index is 1.82. The lowest BCUT2D eigenvalue weighted by Gasteiger charge is -2.30. The first-order valence-corrected chi connectivity index (χ1v) is 5.85. The number of hydrogen-bond donors (Lipinski definition) is 1. The van der Waals surface area contributed by atoms with Crippen molar-refractivity contribution in [1.82, 2.24) is 4.90 Å². The molecule has 88 valence electrons. The van der Waals surface area contributed by atoms with Crippen LogP contribution in [0.2, 0.25) is 0 Å². The maximum absolute atomic E-state index is 5.70. The Morgan fingerprint density at radius 2 is 2.38 bits per heavy atom. The predicted octanol–water partition coefficient (Wildman–Crippen LogP) is 1.74. The van der Waals surface area contributed by atoms with E-state index in [-0.39, 0.29) is 0 Å². The van der Waals surface area contributed by atoms with E-state index in [9.17, 15) is 0 Å². The van der Waals surface area contributed by atoms with E-state index < -0.39 is 0 Å². The number of rotatable bonds is 3. The number of anilines is 1. The Labute approximate surface area is 97.4 Å². The van der Waals surface area contributed by atoms with E-state index in [4.69, 9.17) is 4.74 Å². The summed E-state index contributed by atoms with van der Waals surface area (Å²) in [5, 5.41) is 3.42. The average molecular weight is 220 g/mol. The van der Waals surface area contributed by atoms with Crippen molar-refractivity contribution in [3.63, 3.8) is 0 Å². The highest BCUT2D eigenvalue weighted by molar-refractivity contribution is 5.45. The molecule has 0 radical (unpaired) electrons. The highest BCUT2D eigenvalue weighted by Gasteiger charge is 2.16. The molecule has 3 nitrogen and oxygen atoms in total. The number of hydrogen-bond acceptors (Lipinski definition) is 3. The van der Waals surface area contributed by atoms with Crippen LogP contribution in [-0.4, -0.2) is 44.3 Å². The van der Waals surface area contributed by atoms with Gasteiger partial charge in [0.25, 0.3) is 0 Å². The van der Waals surface area contributed by atoms with Crippen LogP contribution in [0.3, 0.4) is 0 Å². The Bertz CT molecular complexity index is 340. The summed E-state index contributed by atoms with van der Waals surface area (Å²) in [6, 6.07) is 8.44. The lowest BCUT2D eigenvalue weighted by molar-refractivity contribution is -0.0117. The Kier molecular flexibility index (Phi) is 3.80. The molecule has 0 bridgehead atoms. The normalized spacial score (nSPS) is 22.0. The molecule has 1 unspecified atom stereocenters. The van der Waals surface area contributed by atoms with Gasteiger partial charge in [0.2, 0.25) is 0 Å². The molecular formula is C13H20N2O. The van der Waals surface area contributed by atoms with Gasteiger partial charge < -0.3 is 15.0 Å². The van der Waals surface area contributed by atoms with Gasteiger partial charge in [0, 0.05) is 25.3 Å². The molecule has 1 aromatic rings. The fraction of sp³-hybridized carbons (Fsp3) is 0.538. The van der Waals surface area contributed by atoms with Gasteiger partial charge in [-0.05, 0) is 31.7 Å².